The molecule has 0 bridgehead atoms. The van der Waals surface area contributed by atoms with Crippen molar-refractivity contribution in [2.45, 2.75) is 331 Å². The first-order valence-corrected chi connectivity index (χ1v) is 30.6. The predicted octanol–water partition coefficient (Wildman–Crippen LogP) is 10.4. The lowest BCUT2D eigenvalue weighted by Gasteiger charge is -2.46. The molecule has 0 spiro atoms. The number of hydrogen-bond acceptors (Lipinski definition) is 13. The van der Waals surface area contributed by atoms with E-state index in [1.54, 1.807) is 6.08 Å². The maximum atomic E-state index is 13.3. The Hall–Kier alpha value is -1.53. The van der Waals surface area contributed by atoms with E-state index in [0.717, 1.165) is 38.5 Å². The third-order valence-corrected chi connectivity index (χ3v) is 15.1. The molecule has 0 aromatic heterocycles. The summed E-state index contributed by atoms with van der Waals surface area (Å²) in [5.74, 6) is -0.237. The van der Waals surface area contributed by atoms with Crippen LogP contribution < -0.4 is 5.32 Å². The third kappa shape index (κ3) is 31.8. The molecule has 12 atom stereocenters. The normalized spacial score (nSPS) is 25.3. The number of nitrogens with one attached hydrogen (secondary N) is 1. The molecule has 2 heterocycles. The van der Waals surface area contributed by atoms with Crippen LogP contribution in [0.4, 0.5) is 0 Å². The fraction of sp³-hybridized carbons (Fsp3) is 0.917. The maximum absolute atomic E-state index is 13.3. The first kappa shape index (κ1) is 68.6. The number of aliphatic hydroxyl groups excluding tert-OH is 8. The van der Waals surface area contributed by atoms with Gasteiger partial charge < -0.3 is 65.1 Å². The highest BCUT2D eigenvalue weighted by Crippen LogP contribution is 2.30. The van der Waals surface area contributed by atoms with Crippen LogP contribution in [0.15, 0.2) is 24.3 Å². The Morgan fingerprint density at radius 3 is 1.28 bits per heavy atom. The van der Waals surface area contributed by atoms with Crippen LogP contribution in [0.3, 0.4) is 0 Å². The second kappa shape index (κ2) is 46.4. The molecule has 2 saturated heterocycles. The topological polar surface area (TPSA) is 228 Å². The number of allylic oxidation sites excluding steroid dienone is 3. The lowest BCUT2D eigenvalue weighted by Crippen LogP contribution is -2.65. The lowest BCUT2D eigenvalue weighted by molar-refractivity contribution is -0.359. The monoisotopic (exact) mass is 1060 g/mol. The number of rotatable bonds is 49. The van der Waals surface area contributed by atoms with Gasteiger partial charge in [0, 0.05) is 6.42 Å². The van der Waals surface area contributed by atoms with Gasteiger partial charge in [-0.1, -0.05) is 231 Å². The van der Waals surface area contributed by atoms with Crippen molar-refractivity contribution in [3.8, 4) is 0 Å². The number of carbonyl (C=O) groups excluding carboxylic acids is 1. The van der Waals surface area contributed by atoms with Crippen molar-refractivity contribution in [3.63, 3.8) is 0 Å². The summed E-state index contributed by atoms with van der Waals surface area (Å²) >= 11 is 0. The zero-order valence-electron chi connectivity index (χ0n) is 46.8. The molecule has 0 aromatic rings. The van der Waals surface area contributed by atoms with Crippen molar-refractivity contribution in [1.29, 1.82) is 0 Å². The standard InChI is InChI=1S/C60H113NO13/c1-3-5-7-9-11-13-15-17-19-20-21-22-23-24-25-26-27-28-30-32-34-36-38-40-42-44-52(65)61-48(49(64)43-41-39-37-35-33-31-29-18-16-14-12-10-8-6-4-2)47-71-59-57(70)55(68)58(51(46-63)73-59)74-60-56(69)54(67)53(66)50(45-62)72-60/h20-21,41,43,48-51,53-60,62-64,66-70H,3-19,22-40,42,44-47H2,1-2H3,(H,61,65)/b21-20-,43-41+. The van der Waals surface area contributed by atoms with Crippen LogP contribution in [0.5, 0.6) is 0 Å². The van der Waals surface area contributed by atoms with Gasteiger partial charge in [0.1, 0.15) is 48.8 Å². The van der Waals surface area contributed by atoms with Gasteiger partial charge in [-0.25, -0.2) is 0 Å². The van der Waals surface area contributed by atoms with E-state index in [2.05, 4.69) is 31.3 Å². The van der Waals surface area contributed by atoms with Gasteiger partial charge in [0.2, 0.25) is 5.91 Å². The summed E-state index contributed by atoms with van der Waals surface area (Å²) in [6.07, 6.45) is 37.9. The molecule has 2 rings (SSSR count). The Morgan fingerprint density at radius 1 is 0.473 bits per heavy atom. The highest BCUT2D eigenvalue weighted by atomic mass is 16.7. The van der Waals surface area contributed by atoms with Crippen LogP contribution in [0, 0.1) is 0 Å². The Kier molecular flexibility index (Phi) is 43.0. The molecule has 14 nitrogen and oxygen atoms in total. The second-order valence-corrected chi connectivity index (χ2v) is 21.8. The fourth-order valence-corrected chi connectivity index (χ4v) is 10.2. The minimum Gasteiger partial charge on any atom is -0.394 e. The molecule has 0 radical (unpaired) electrons. The zero-order chi connectivity index (χ0) is 53.9. The van der Waals surface area contributed by atoms with Crippen molar-refractivity contribution in [3.05, 3.63) is 24.3 Å². The highest BCUT2D eigenvalue weighted by Gasteiger charge is 2.51. The minimum absolute atomic E-state index is 0.237. The van der Waals surface area contributed by atoms with E-state index >= 15 is 0 Å². The van der Waals surface area contributed by atoms with E-state index in [4.69, 9.17) is 18.9 Å². The maximum Gasteiger partial charge on any atom is 0.220 e. The number of ether oxygens (including phenoxy) is 4. The van der Waals surface area contributed by atoms with Crippen LogP contribution in [-0.2, 0) is 23.7 Å². The quantitative estimate of drug-likeness (QED) is 0.0204. The summed E-state index contributed by atoms with van der Waals surface area (Å²) in [6, 6.07) is -0.912. The molecule has 2 aliphatic rings. The third-order valence-electron chi connectivity index (χ3n) is 15.1. The first-order valence-electron chi connectivity index (χ1n) is 30.6. The molecule has 0 aromatic carbocycles. The zero-order valence-corrected chi connectivity index (χ0v) is 46.8. The Balaban J connectivity index is 1.72. The van der Waals surface area contributed by atoms with Gasteiger partial charge in [-0.3, -0.25) is 4.79 Å². The summed E-state index contributed by atoms with van der Waals surface area (Å²) in [5, 5.41) is 87.1. The molecular formula is C60H113NO13. The summed E-state index contributed by atoms with van der Waals surface area (Å²) in [6.45, 7) is 2.82. The largest absolute Gasteiger partial charge is 0.394 e. The van der Waals surface area contributed by atoms with Crippen LogP contribution >= 0.6 is 0 Å². The number of hydrogen-bond donors (Lipinski definition) is 9. The molecule has 2 fully saturated rings. The van der Waals surface area contributed by atoms with Crippen LogP contribution in [0.2, 0.25) is 0 Å². The van der Waals surface area contributed by atoms with Gasteiger partial charge >= 0.3 is 0 Å². The SMILES string of the molecule is CCCCCCCCCC/C=C\CCCCCCCCCCCCCCCC(=O)NC(COC1OC(CO)C(OC2OC(CO)C(O)C(O)C2O)C(O)C1O)C(O)/C=C/CCCCCCCCCCCCCCC. The van der Waals surface area contributed by atoms with Crippen molar-refractivity contribution < 1.29 is 64.6 Å². The lowest BCUT2D eigenvalue weighted by atomic mass is 9.97. The van der Waals surface area contributed by atoms with Gasteiger partial charge in [-0.2, -0.15) is 0 Å². The molecule has 2 aliphatic heterocycles. The van der Waals surface area contributed by atoms with Gasteiger partial charge in [0.15, 0.2) is 12.6 Å². The smallest absolute Gasteiger partial charge is 0.220 e. The molecule has 0 aliphatic carbocycles. The Bertz CT molecular complexity index is 1340. The van der Waals surface area contributed by atoms with Crippen LogP contribution in [0.1, 0.15) is 258 Å². The summed E-state index contributed by atoms with van der Waals surface area (Å²) in [7, 11) is 0. The highest BCUT2D eigenvalue weighted by molar-refractivity contribution is 5.76. The second-order valence-electron chi connectivity index (χ2n) is 21.8. The van der Waals surface area contributed by atoms with E-state index < -0.39 is 86.8 Å². The number of aliphatic hydroxyl groups is 8. The van der Waals surface area contributed by atoms with E-state index in [-0.39, 0.29) is 18.9 Å². The average Bonchev–Trinajstić information content (AvgIpc) is 3.40. The molecular weight excluding hydrogens is 943 g/mol. The first-order chi connectivity index (χ1) is 36.1. The summed E-state index contributed by atoms with van der Waals surface area (Å²) < 4.78 is 22.8. The van der Waals surface area contributed by atoms with Crippen molar-refractivity contribution in [2.24, 2.45) is 0 Å². The van der Waals surface area contributed by atoms with E-state index in [1.165, 1.54) is 193 Å². The molecule has 74 heavy (non-hydrogen) atoms. The number of unbranched alkanes of at least 4 members (excludes halogenated alkanes) is 34. The van der Waals surface area contributed by atoms with Crippen molar-refractivity contribution in [1.82, 2.24) is 5.32 Å². The average molecular weight is 1060 g/mol. The van der Waals surface area contributed by atoms with Gasteiger partial charge in [-0.05, 0) is 44.9 Å². The van der Waals surface area contributed by atoms with E-state index in [9.17, 15) is 45.6 Å². The van der Waals surface area contributed by atoms with E-state index in [1.807, 2.05) is 6.08 Å². The van der Waals surface area contributed by atoms with E-state index in [0.29, 0.717) is 6.42 Å². The molecule has 0 saturated carbocycles. The molecule has 1 amide bonds. The summed E-state index contributed by atoms with van der Waals surface area (Å²) in [4.78, 5) is 13.3. The molecule has 12 unspecified atom stereocenters. The predicted molar refractivity (Wildman–Crippen MR) is 295 cm³/mol. The van der Waals surface area contributed by atoms with Crippen molar-refractivity contribution in [2.75, 3.05) is 19.8 Å². The number of amides is 1. The van der Waals surface area contributed by atoms with Gasteiger partial charge in [0.05, 0.1) is 32.0 Å². The van der Waals surface area contributed by atoms with Crippen LogP contribution in [0.25, 0.3) is 0 Å². The Morgan fingerprint density at radius 2 is 0.851 bits per heavy atom. The van der Waals surface area contributed by atoms with Crippen molar-refractivity contribution >= 4 is 5.91 Å². The van der Waals surface area contributed by atoms with Gasteiger partial charge in [0.25, 0.3) is 0 Å². The minimum atomic E-state index is -1.79. The summed E-state index contributed by atoms with van der Waals surface area (Å²) in [5.41, 5.74) is 0. The molecule has 436 valence electrons. The fourth-order valence-electron chi connectivity index (χ4n) is 10.2. The Labute approximate surface area is 449 Å². The van der Waals surface area contributed by atoms with Gasteiger partial charge in [-0.15, -0.1) is 0 Å². The molecule has 9 N–H and O–H groups in total. The number of carbonyl (C=O) groups is 1. The van der Waals surface area contributed by atoms with Crippen LogP contribution in [-0.4, -0.2) is 140 Å². The molecule has 14 heteroatoms.